The van der Waals surface area contributed by atoms with Gasteiger partial charge in [0, 0.05) is 16.6 Å². The molecule has 4 nitrogen and oxygen atoms in total. The first-order valence-electron chi connectivity index (χ1n) is 7.95. The highest BCUT2D eigenvalue weighted by atomic mass is 79.9. The number of benzene rings is 2. The second-order valence-corrected chi connectivity index (χ2v) is 7.00. The molecule has 5 heteroatoms. The topological polar surface area (TPSA) is 50.4 Å². The number of piperidine rings is 1. The van der Waals surface area contributed by atoms with Gasteiger partial charge in [-0.15, -0.1) is 0 Å². The van der Waals surface area contributed by atoms with Crippen LogP contribution in [0.2, 0.25) is 0 Å². The minimum absolute atomic E-state index is 0.0556. The van der Waals surface area contributed by atoms with Crippen molar-refractivity contribution in [2.75, 3.05) is 13.2 Å². The summed E-state index contributed by atoms with van der Waals surface area (Å²) in [6.45, 7) is 3.15. The Balaban J connectivity index is 1.55. The number of halogens is 1. The third kappa shape index (κ3) is 4.45. The summed E-state index contributed by atoms with van der Waals surface area (Å²) in [5, 5.41) is 8.67. The molecular formula is C18H21BrN2O2. The van der Waals surface area contributed by atoms with Crippen molar-refractivity contribution < 1.29 is 9.53 Å². The van der Waals surface area contributed by atoms with E-state index in [9.17, 15) is 4.79 Å². The minimum Gasteiger partial charge on any atom is -0.484 e. The van der Waals surface area contributed by atoms with E-state index < -0.39 is 0 Å². The maximum atomic E-state index is 12.0. The molecule has 1 saturated heterocycles. The van der Waals surface area contributed by atoms with Crippen LogP contribution in [0.25, 0.3) is 10.8 Å². The largest absolute Gasteiger partial charge is 0.484 e. The summed E-state index contributed by atoms with van der Waals surface area (Å²) in [6, 6.07) is 12.6. The fourth-order valence-electron chi connectivity index (χ4n) is 2.97. The van der Waals surface area contributed by atoms with Gasteiger partial charge >= 0.3 is 0 Å². The molecular weight excluding hydrogens is 356 g/mol. The van der Waals surface area contributed by atoms with E-state index in [0.29, 0.717) is 11.8 Å². The van der Waals surface area contributed by atoms with Gasteiger partial charge in [0.25, 0.3) is 5.91 Å². The second kappa shape index (κ2) is 7.32. The van der Waals surface area contributed by atoms with Crippen LogP contribution >= 0.6 is 15.9 Å². The summed E-state index contributed by atoms with van der Waals surface area (Å²) in [4.78, 5) is 12.0. The monoisotopic (exact) mass is 376 g/mol. The Hall–Kier alpha value is -1.59. The molecule has 0 radical (unpaired) electrons. The zero-order valence-electron chi connectivity index (χ0n) is 13.1. The molecule has 1 aliphatic heterocycles. The van der Waals surface area contributed by atoms with Crippen molar-refractivity contribution in [3.05, 3.63) is 40.9 Å². The molecule has 2 N–H and O–H groups in total. The van der Waals surface area contributed by atoms with Crippen molar-refractivity contribution in [2.45, 2.75) is 31.8 Å². The number of ether oxygens (including phenoxy) is 1. The van der Waals surface area contributed by atoms with Crippen molar-refractivity contribution >= 4 is 32.6 Å². The molecule has 0 aromatic heterocycles. The van der Waals surface area contributed by atoms with Crippen LogP contribution in [-0.2, 0) is 4.79 Å². The number of carbonyl (C=O) groups is 1. The van der Waals surface area contributed by atoms with Gasteiger partial charge in [-0.05, 0) is 61.3 Å². The highest BCUT2D eigenvalue weighted by Gasteiger charge is 2.19. The standard InChI is InChI=1S/C18H21BrN2O2/c1-12-8-16(6-7-20-12)21-18(22)11-23-17-5-3-13-9-15(19)4-2-14(13)10-17/h2-5,9-10,12,16,20H,6-8,11H2,1H3,(H,21,22). The van der Waals surface area contributed by atoms with E-state index in [1.54, 1.807) is 0 Å². The van der Waals surface area contributed by atoms with Gasteiger partial charge in [-0.3, -0.25) is 4.79 Å². The van der Waals surface area contributed by atoms with Crippen molar-refractivity contribution in [2.24, 2.45) is 0 Å². The van der Waals surface area contributed by atoms with Crippen LogP contribution in [0.3, 0.4) is 0 Å². The molecule has 3 rings (SSSR count). The van der Waals surface area contributed by atoms with E-state index in [0.717, 1.165) is 34.6 Å². The first kappa shape index (κ1) is 16.3. The maximum absolute atomic E-state index is 12.0. The summed E-state index contributed by atoms with van der Waals surface area (Å²) < 4.78 is 6.69. The predicted octanol–water partition coefficient (Wildman–Crippen LogP) is 3.24. The van der Waals surface area contributed by atoms with Crippen molar-refractivity contribution in [1.82, 2.24) is 10.6 Å². The average Bonchev–Trinajstić information content (AvgIpc) is 2.53. The van der Waals surface area contributed by atoms with Gasteiger partial charge in [0.05, 0.1) is 0 Å². The minimum atomic E-state index is -0.0556. The van der Waals surface area contributed by atoms with Gasteiger partial charge in [-0.25, -0.2) is 0 Å². The molecule has 1 fully saturated rings. The van der Waals surface area contributed by atoms with Crippen LogP contribution in [0.4, 0.5) is 0 Å². The fraction of sp³-hybridized carbons (Fsp3) is 0.389. The Labute approximate surface area is 144 Å². The zero-order valence-corrected chi connectivity index (χ0v) is 14.7. The molecule has 2 unspecified atom stereocenters. The normalized spacial score (nSPS) is 21.1. The lowest BCUT2D eigenvalue weighted by atomic mass is 10.0. The quantitative estimate of drug-likeness (QED) is 0.860. The maximum Gasteiger partial charge on any atom is 0.258 e. The average molecular weight is 377 g/mol. The van der Waals surface area contributed by atoms with Crippen LogP contribution in [0.5, 0.6) is 5.75 Å². The molecule has 0 bridgehead atoms. The number of amides is 1. The smallest absolute Gasteiger partial charge is 0.258 e. The molecule has 2 atom stereocenters. The van der Waals surface area contributed by atoms with Gasteiger partial charge in [0.1, 0.15) is 5.75 Å². The Morgan fingerprint density at radius 1 is 1.30 bits per heavy atom. The molecule has 2 aromatic carbocycles. The molecule has 23 heavy (non-hydrogen) atoms. The Morgan fingerprint density at radius 3 is 2.91 bits per heavy atom. The lowest BCUT2D eigenvalue weighted by Gasteiger charge is -2.28. The number of nitrogens with one attached hydrogen (secondary N) is 2. The van der Waals surface area contributed by atoms with E-state index in [1.165, 1.54) is 0 Å². The summed E-state index contributed by atoms with van der Waals surface area (Å²) in [6.07, 6.45) is 1.94. The van der Waals surface area contributed by atoms with Gasteiger partial charge < -0.3 is 15.4 Å². The number of hydrogen-bond acceptors (Lipinski definition) is 3. The Morgan fingerprint density at radius 2 is 2.09 bits per heavy atom. The van der Waals surface area contributed by atoms with Crippen molar-refractivity contribution in [1.29, 1.82) is 0 Å². The summed E-state index contributed by atoms with van der Waals surface area (Å²) >= 11 is 3.46. The fourth-order valence-corrected chi connectivity index (χ4v) is 3.34. The molecule has 1 amide bonds. The lowest BCUT2D eigenvalue weighted by molar-refractivity contribution is -0.124. The lowest BCUT2D eigenvalue weighted by Crippen LogP contribution is -2.47. The molecule has 1 aliphatic rings. The zero-order chi connectivity index (χ0) is 16.2. The van der Waals surface area contributed by atoms with E-state index in [1.807, 2.05) is 30.3 Å². The Kier molecular flexibility index (Phi) is 5.18. The van der Waals surface area contributed by atoms with E-state index >= 15 is 0 Å². The SMILES string of the molecule is CC1CC(NC(=O)COc2ccc3cc(Br)ccc3c2)CCN1. The van der Waals surface area contributed by atoms with Gasteiger partial charge in [-0.1, -0.05) is 28.1 Å². The van der Waals surface area contributed by atoms with Gasteiger partial charge in [0.15, 0.2) is 6.61 Å². The molecule has 2 aromatic rings. The highest BCUT2D eigenvalue weighted by molar-refractivity contribution is 9.10. The van der Waals surface area contributed by atoms with Crippen molar-refractivity contribution in [3.8, 4) is 5.75 Å². The first-order valence-corrected chi connectivity index (χ1v) is 8.74. The second-order valence-electron chi connectivity index (χ2n) is 6.09. The predicted molar refractivity (Wildman–Crippen MR) is 95.8 cm³/mol. The molecule has 0 spiro atoms. The summed E-state index contributed by atoms with van der Waals surface area (Å²) in [5.74, 6) is 0.661. The van der Waals surface area contributed by atoms with Gasteiger partial charge in [-0.2, -0.15) is 0 Å². The molecule has 1 heterocycles. The van der Waals surface area contributed by atoms with Gasteiger partial charge in [0.2, 0.25) is 0 Å². The van der Waals surface area contributed by atoms with E-state index in [2.05, 4.69) is 39.6 Å². The van der Waals surface area contributed by atoms with E-state index in [-0.39, 0.29) is 18.6 Å². The number of fused-ring (bicyclic) bond motifs is 1. The Bertz CT molecular complexity index is 704. The van der Waals surface area contributed by atoms with Crippen LogP contribution in [0, 0.1) is 0 Å². The van der Waals surface area contributed by atoms with E-state index in [4.69, 9.17) is 4.74 Å². The number of rotatable bonds is 4. The summed E-state index contributed by atoms with van der Waals surface area (Å²) in [7, 11) is 0. The molecule has 0 saturated carbocycles. The van der Waals surface area contributed by atoms with Crippen LogP contribution in [0.1, 0.15) is 19.8 Å². The molecule has 0 aliphatic carbocycles. The summed E-state index contributed by atoms with van der Waals surface area (Å²) in [5.41, 5.74) is 0. The highest BCUT2D eigenvalue weighted by Crippen LogP contribution is 2.24. The number of carbonyl (C=O) groups excluding carboxylic acids is 1. The first-order chi connectivity index (χ1) is 11.1. The van der Waals surface area contributed by atoms with Crippen LogP contribution < -0.4 is 15.4 Å². The third-order valence-electron chi connectivity index (χ3n) is 4.13. The third-order valence-corrected chi connectivity index (χ3v) is 4.63. The number of hydrogen-bond donors (Lipinski definition) is 2. The van der Waals surface area contributed by atoms with Crippen molar-refractivity contribution in [3.63, 3.8) is 0 Å². The molecule has 122 valence electrons. The van der Waals surface area contributed by atoms with Crippen LogP contribution in [-0.4, -0.2) is 31.1 Å². The van der Waals surface area contributed by atoms with Crippen LogP contribution in [0.15, 0.2) is 40.9 Å².